The number of benzene rings is 1. The van der Waals surface area contributed by atoms with Crippen molar-refractivity contribution in [3.05, 3.63) is 29.3 Å². The summed E-state index contributed by atoms with van der Waals surface area (Å²) >= 11 is 0. The maximum Gasteiger partial charge on any atom is 0.243 e. The normalized spacial score (nSPS) is 20.6. The Balaban J connectivity index is 1.57. The van der Waals surface area contributed by atoms with E-state index in [1.54, 1.807) is 10.4 Å². The highest BCUT2D eigenvalue weighted by molar-refractivity contribution is 7.89. The van der Waals surface area contributed by atoms with Crippen LogP contribution < -0.4 is 0 Å². The van der Waals surface area contributed by atoms with Crippen LogP contribution in [-0.4, -0.2) is 74.3 Å². The molecule has 1 aromatic rings. The molecule has 7 heteroatoms. The van der Waals surface area contributed by atoms with E-state index in [9.17, 15) is 13.5 Å². The van der Waals surface area contributed by atoms with E-state index in [2.05, 4.69) is 4.90 Å². The number of sulfonamides is 1. The van der Waals surface area contributed by atoms with Crippen LogP contribution in [0.15, 0.2) is 23.1 Å². The first-order chi connectivity index (χ1) is 12.9. The second-order valence-electron chi connectivity index (χ2n) is 7.88. The van der Waals surface area contributed by atoms with Crippen LogP contribution in [0.3, 0.4) is 0 Å². The topological polar surface area (TPSA) is 70.1 Å². The quantitative estimate of drug-likeness (QED) is 0.759. The molecule has 1 aromatic carbocycles. The third-order valence-corrected chi connectivity index (χ3v) is 7.27. The molecular weight excluding hydrogens is 364 g/mol. The van der Waals surface area contributed by atoms with Crippen molar-refractivity contribution in [1.29, 1.82) is 0 Å². The molecule has 1 unspecified atom stereocenters. The first kappa shape index (κ1) is 20.7. The molecule has 1 N–H and O–H groups in total. The summed E-state index contributed by atoms with van der Waals surface area (Å²) in [7, 11) is -3.45. The van der Waals surface area contributed by atoms with Crippen LogP contribution in [0, 0.1) is 0 Å². The van der Waals surface area contributed by atoms with Gasteiger partial charge in [0, 0.05) is 32.7 Å². The fourth-order valence-electron chi connectivity index (χ4n) is 3.83. The van der Waals surface area contributed by atoms with E-state index in [1.165, 1.54) is 17.5 Å². The number of nitrogens with zero attached hydrogens (tertiary/aromatic N) is 2. The Kier molecular flexibility index (Phi) is 6.92. The molecule has 0 radical (unpaired) electrons. The van der Waals surface area contributed by atoms with Crippen LogP contribution >= 0.6 is 0 Å². The zero-order valence-corrected chi connectivity index (χ0v) is 17.2. The van der Waals surface area contributed by atoms with E-state index in [0.29, 0.717) is 44.2 Å². The zero-order chi connectivity index (χ0) is 19.4. The predicted molar refractivity (Wildman–Crippen MR) is 105 cm³/mol. The standard InChI is InChI=1S/C20H32N2O4S/c1-16(2)26-15-19(23)14-21-9-11-22(12-10-21)27(24,25)20-8-7-17-5-3-4-6-18(17)13-20/h7-8,13,16,19,23H,3-6,9-12,14-15H2,1-2H3. The molecular formula is C20H32N2O4S. The minimum absolute atomic E-state index is 0.0956. The molecule has 0 amide bonds. The highest BCUT2D eigenvalue weighted by atomic mass is 32.2. The molecule has 1 aliphatic carbocycles. The summed E-state index contributed by atoms with van der Waals surface area (Å²) in [5.74, 6) is 0. The Bertz CT molecular complexity index is 727. The van der Waals surface area contributed by atoms with Gasteiger partial charge in [-0.25, -0.2) is 8.42 Å². The van der Waals surface area contributed by atoms with Gasteiger partial charge in [0.1, 0.15) is 0 Å². The molecule has 6 nitrogen and oxygen atoms in total. The van der Waals surface area contributed by atoms with Crippen molar-refractivity contribution in [2.24, 2.45) is 0 Å². The first-order valence-corrected chi connectivity index (χ1v) is 11.4. The van der Waals surface area contributed by atoms with Crippen molar-refractivity contribution < 1.29 is 18.3 Å². The zero-order valence-electron chi connectivity index (χ0n) is 16.4. The molecule has 1 fully saturated rings. The Labute approximate surface area is 163 Å². The molecule has 0 spiro atoms. The minimum atomic E-state index is -3.45. The highest BCUT2D eigenvalue weighted by Gasteiger charge is 2.29. The van der Waals surface area contributed by atoms with Gasteiger partial charge in [0.2, 0.25) is 10.0 Å². The second-order valence-corrected chi connectivity index (χ2v) is 9.82. The Morgan fingerprint density at radius 1 is 1.07 bits per heavy atom. The summed E-state index contributed by atoms with van der Waals surface area (Å²) in [4.78, 5) is 2.52. The number of fused-ring (bicyclic) bond motifs is 1. The van der Waals surface area contributed by atoms with Gasteiger partial charge in [-0.15, -0.1) is 0 Å². The van der Waals surface area contributed by atoms with Crippen molar-refractivity contribution in [1.82, 2.24) is 9.21 Å². The molecule has 3 rings (SSSR count). The van der Waals surface area contributed by atoms with Crippen LogP contribution in [0.25, 0.3) is 0 Å². The van der Waals surface area contributed by atoms with Crippen molar-refractivity contribution in [3.63, 3.8) is 0 Å². The second kappa shape index (κ2) is 9.01. The van der Waals surface area contributed by atoms with Crippen molar-refractivity contribution in [2.45, 2.75) is 56.6 Å². The number of hydrogen-bond acceptors (Lipinski definition) is 5. The van der Waals surface area contributed by atoms with Crippen molar-refractivity contribution >= 4 is 10.0 Å². The van der Waals surface area contributed by atoms with E-state index in [0.717, 1.165) is 19.3 Å². The summed E-state index contributed by atoms with van der Waals surface area (Å²) in [6, 6.07) is 5.63. The fraction of sp³-hybridized carbons (Fsp3) is 0.700. The molecule has 0 saturated carbocycles. The number of rotatable bonds is 7. The smallest absolute Gasteiger partial charge is 0.243 e. The summed E-state index contributed by atoms with van der Waals surface area (Å²) in [5, 5.41) is 10.1. The minimum Gasteiger partial charge on any atom is -0.389 e. The fourth-order valence-corrected chi connectivity index (χ4v) is 5.30. The maximum atomic E-state index is 13.0. The molecule has 2 aliphatic rings. The SMILES string of the molecule is CC(C)OCC(O)CN1CCN(S(=O)(=O)c2ccc3c(c2)CCCC3)CC1. The van der Waals surface area contributed by atoms with E-state index in [1.807, 2.05) is 26.0 Å². The monoisotopic (exact) mass is 396 g/mol. The van der Waals surface area contributed by atoms with Gasteiger partial charge in [0.15, 0.2) is 0 Å². The molecule has 1 saturated heterocycles. The highest BCUT2D eigenvalue weighted by Crippen LogP contribution is 2.26. The lowest BCUT2D eigenvalue weighted by molar-refractivity contribution is -0.0117. The Hall–Kier alpha value is -0.990. The van der Waals surface area contributed by atoms with Gasteiger partial charge in [0.05, 0.1) is 23.7 Å². The molecule has 152 valence electrons. The Morgan fingerprint density at radius 2 is 1.74 bits per heavy atom. The molecule has 1 heterocycles. The van der Waals surface area contributed by atoms with Crippen LogP contribution in [0.4, 0.5) is 0 Å². The lowest BCUT2D eigenvalue weighted by Gasteiger charge is -2.35. The maximum absolute atomic E-state index is 13.0. The molecule has 27 heavy (non-hydrogen) atoms. The third-order valence-electron chi connectivity index (χ3n) is 5.38. The number of aryl methyl sites for hydroxylation is 2. The summed E-state index contributed by atoms with van der Waals surface area (Å²) in [6.45, 7) is 6.87. The van der Waals surface area contributed by atoms with E-state index < -0.39 is 16.1 Å². The number of hydrogen-bond donors (Lipinski definition) is 1. The van der Waals surface area contributed by atoms with Gasteiger partial charge >= 0.3 is 0 Å². The predicted octanol–water partition coefficient (Wildman–Crippen LogP) is 1.66. The molecule has 0 bridgehead atoms. The van der Waals surface area contributed by atoms with E-state index in [-0.39, 0.29) is 6.10 Å². The van der Waals surface area contributed by atoms with Crippen molar-refractivity contribution in [3.8, 4) is 0 Å². The van der Waals surface area contributed by atoms with Gasteiger partial charge in [0.25, 0.3) is 0 Å². The molecule has 1 atom stereocenters. The number of aliphatic hydroxyl groups is 1. The van der Waals surface area contributed by atoms with Gasteiger partial charge in [-0.2, -0.15) is 4.31 Å². The van der Waals surface area contributed by atoms with E-state index >= 15 is 0 Å². The molecule has 0 aromatic heterocycles. The molecule has 1 aliphatic heterocycles. The van der Waals surface area contributed by atoms with Gasteiger partial charge in [-0.1, -0.05) is 6.07 Å². The average Bonchev–Trinajstić information content (AvgIpc) is 2.66. The van der Waals surface area contributed by atoms with Gasteiger partial charge < -0.3 is 9.84 Å². The van der Waals surface area contributed by atoms with Gasteiger partial charge in [-0.05, 0) is 62.8 Å². The van der Waals surface area contributed by atoms with Crippen LogP contribution in [-0.2, 0) is 27.6 Å². The third kappa shape index (κ3) is 5.29. The number of β-amino-alcohol motifs (C(OH)–C–C–N with tert-alkyl or cyclic N) is 1. The summed E-state index contributed by atoms with van der Waals surface area (Å²) < 4.78 is 33.1. The number of aliphatic hydroxyl groups excluding tert-OH is 1. The Morgan fingerprint density at radius 3 is 2.41 bits per heavy atom. The van der Waals surface area contributed by atoms with Gasteiger partial charge in [-0.3, -0.25) is 4.90 Å². The average molecular weight is 397 g/mol. The van der Waals surface area contributed by atoms with Crippen LogP contribution in [0.2, 0.25) is 0 Å². The van der Waals surface area contributed by atoms with E-state index in [4.69, 9.17) is 4.74 Å². The van der Waals surface area contributed by atoms with Crippen LogP contribution in [0.1, 0.15) is 37.8 Å². The summed E-state index contributed by atoms with van der Waals surface area (Å²) in [5.41, 5.74) is 2.48. The summed E-state index contributed by atoms with van der Waals surface area (Å²) in [6.07, 6.45) is 3.90. The lowest BCUT2D eigenvalue weighted by atomic mass is 9.92. The van der Waals surface area contributed by atoms with Crippen molar-refractivity contribution in [2.75, 3.05) is 39.3 Å². The van der Waals surface area contributed by atoms with Crippen LogP contribution in [0.5, 0.6) is 0 Å². The lowest BCUT2D eigenvalue weighted by Crippen LogP contribution is -2.50. The number of ether oxygens (including phenoxy) is 1. The largest absolute Gasteiger partial charge is 0.389 e. The number of piperazine rings is 1. The first-order valence-electron chi connectivity index (χ1n) is 10.0.